The number of rotatable bonds is 7. The van der Waals surface area contributed by atoms with E-state index in [0.717, 1.165) is 25.0 Å². The molecule has 0 saturated carbocycles. The molecule has 1 saturated heterocycles. The zero-order valence-corrected chi connectivity index (χ0v) is 10.4. The molecular formula is C15H18O3. The third kappa shape index (κ3) is 4.34. The molecule has 1 aliphatic rings. The average molecular weight is 246 g/mol. The molecule has 0 bridgehead atoms. The molecular weight excluding hydrogens is 228 g/mol. The number of epoxide rings is 1. The van der Waals surface area contributed by atoms with Gasteiger partial charge in [0.2, 0.25) is 0 Å². The molecule has 0 spiro atoms. The molecule has 0 N–H and O–H groups in total. The lowest BCUT2D eigenvalue weighted by Crippen LogP contribution is -2.09. The van der Waals surface area contributed by atoms with Gasteiger partial charge in [-0.05, 0) is 24.0 Å². The molecule has 1 atom stereocenters. The summed E-state index contributed by atoms with van der Waals surface area (Å²) < 4.78 is 10.0. The van der Waals surface area contributed by atoms with Crippen LogP contribution < -0.4 is 0 Å². The zero-order chi connectivity index (χ0) is 12.8. The monoisotopic (exact) mass is 246 g/mol. The Hall–Kier alpha value is -1.61. The quantitative estimate of drug-likeness (QED) is 0.548. The molecule has 1 heterocycles. The molecule has 2 rings (SSSR count). The van der Waals surface area contributed by atoms with Crippen molar-refractivity contribution in [3.05, 3.63) is 42.0 Å². The van der Waals surface area contributed by atoms with E-state index in [0.29, 0.717) is 13.0 Å². The van der Waals surface area contributed by atoms with Gasteiger partial charge in [-0.15, -0.1) is 0 Å². The topological polar surface area (TPSA) is 38.8 Å². The van der Waals surface area contributed by atoms with Crippen LogP contribution in [0.3, 0.4) is 0 Å². The minimum atomic E-state index is -0.134. The van der Waals surface area contributed by atoms with Gasteiger partial charge in [-0.25, -0.2) is 0 Å². The van der Waals surface area contributed by atoms with E-state index < -0.39 is 0 Å². The second kappa shape index (κ2) is 6.36. The fourth-order valence-electron chi connectivity index (χ4n) is 1.73. The molecule has 1 aliphatic heterocycles. The summed E-state index contributed by atoms with van der Waals surface area (Å²) in [7, 11) is 0. The standard InChI is InChI=1S/C15H18O3/c1-2-12-5-3-6-13(9-12)7-4-8-15(16)18-11-14-10-17-14/h2-3,5-6,9,14H,1,4,7-8,10-11H2. The molecule has 0 aliphatic carbocycles. The van der Waals surface area contributed by atoms with E-state index in [2.05, 4.69) is 18.7 Å². The molecule has 18 heavy (non-hydrogen) atoms. The predicted octanol–water partition coefficient (Wildman–Crippen LogP) is 2.59. The van der Waals surface area contributed by atoms with Gasteiger partial charge in [-0.1, -0.05) is 36.9 Å². The van der Waals surface area contributed by atoms with Crippen molar-refractivity contribution in [1.82, 2.24) is 0 Å². The van der Waals surface area contributed by atoms with E-state index in [1.165, 1.54) is 5.56 Å². The van der Waals surface area contributed by atoms with Crippen molar-refractivity contribution in [1.29, 1.82) is 0 Å². The molecule has 1 aromatic carbocycles. The number of carbonyl (C=O) groups excluding carboxylic acids is 1. The van der Waals surface area contributed by atoms with Gasteiger partial charge in [-0.2, -0.15) is 0 Å². The van der Waals surface area contributed by atoms with E-state index in [9.17, 15) is 4.79 Å². The number of hydrogen-bond acceptors (Lipinski definition) is 3. The van der Waals surface area contributed by atoms with Crippen molar-refractivity contribution in [2.45, 2.75) is 25.4 Å². The third-order valence-electron chi connectivity index (χ3n) is 2.87. The van der Waals surface area contributed by atoms with Crippen molar-refractivity contribution in [3.8, 4) is 0 Å². The molecule has 0 amide bonds. The van der Waals surface area contributed by atoms with Crippen molar-refractivity contribution >= 4 is 12.0 Å². The highest BCUT2D eigenvalue weighted by atomic mass is 16.6. The van der Waals surface area contributed by atoms with Gasteiger partial charge in [0.15, 0.2) is 0 Å². The number of hydrogen-bond donors (Lipinski definition) is 0. The maximum Gasteiger partial charge on any atom is 0.305 e. The van der Waals surface area contributed by atoms with E-state index in [1.807, 2.05) is 18.2 Å². The first-order valence-electron chi connectivity index (χ1n) is 6.26. The molecule has 96 valence electrons. The summed E-state index contributed by atoms with van der Waals surface area (Å²) in [5, 5.41) is 0. The maximum absolute atomic E-state index is 11.4. The first-order chi connectivity index (χ1) is 8.78. The summed E-state index contributed by atoms with van der Waals surface area (Å²) in [6.07, 6.45) is 4.14. The largest absolute Gasteiger partial charge is 0.463 e. The van der Waals surface area contributed by atoms with Crippen LogP contribution in [0.5, 0.6) is 0 Å². The lowest BCUT2D eigenvalue weighted by atomic mass is 10.1. The Morgan fingerprint density at radius 1 is 1.56 bits per heavy atom. The van der Waals surface area contributed by atoms with Crippen LogP contribution in [0.2, 0.25) is 0 Å². The smallest absolute Gasteiger partial charge is 0.305 e. The van der Waals surface area contributed by atoms with Crippen molar-refractivity contribution in [2.75, 3.05) is 13.2 Å². The van der Waals surface area contributed by atoms with Gasteiger partial charge in [0.25, 0.3) is 0 Å². The Labute approximate surface area is 107 Å². The van der Waals surface area contributed by atoms with Crippen LogP contribution in [0.4, 0.5) is 0 Å². The SMILES string of the molecule is C=Cc1cccc(CCCC(=O)OCC2CO2)c1. The van der Waals surface area contributed by atoms with Gasteiger partial charge in [-0.3, -0.25) is 4.79 Å². The van der Waals surface area contributed by atoms with Crippen LogP contribution in [0.25, 0.3) is 6.08 Å². The van der Waals surface area contributed by atoms with E-state index >= 15 is 0 Å². The average Bonchev–Trinajstić information content (AvgIpc) is 3.21. The molecule has 0 radical (unpaired) electrons. The molecule has 1 aromatic rings. The van der Waals surface area contributed by atoms with Crippen molar-refractivity contribution < 1.29 is 14.3 Å². The van der Waals surface area contributed by atoms with Crippen LogP contribution in [0.1, 0.15) is 24.0 Å². The van der Waals surface area contributed by atoms with E-state index in [1.54, 1.807) is 0 Å². The predicted molar refractivity (Wildman–Crippen MR) is 70.2 cm³/mol. The van der Waals surface area contributed by atoms with Crippen LogP contribution in [0.15, 0.2) is 30.8 Å². The van der Waals surface area contributed by atoms with Crippen molar-refractivity contribution in [3.63, 3.8) is 0 Å². The van der Waals surface area contributed by atoms with E-state index in [-0.39, 0.29) is 12.1 Å². The van der Waals surface area contributed by atoms with Gasteiger partial charge in [0.05, 0.1) is 6.61 Å². The molecule has 1 unspecified atom stereocenters. The zero-order valence-electron chi connectivity index (χ0n) is 10.4. The maximum atomic E-state index is 11.4. The summed E-state index contributed by atoms with van der Waals surface area (Å²) >= 11 is 0. The van der Waals surface area contributed by atoms with Gasteiger partial charge in [0.1, 0.15) is 12.7 Å². The number of esters is 1. The highest BCUT2D eigenvalue weighted by Gasteiger charge is 2.23. The first kappa shape index (κ1) is 12.8. The Kier molecular flexibility index (Phi) is 4.53. The van der Waals surface area contributed by atoms with Crippen LogP contribution in [0, 0.1) is 0 Å². The van der Waals surface area contributed by atoms with Crippen molar-refractivity contribution in [2.24, 2.45) is 0 Å². The summed E-state index contributed by atoms with van der Waals surface area (Å²) in [6, 6.07) is 8.18. The summed E-state index contributed by atoms with van der Waals surface area (Å²) in [5.41, 5.74) is 2.34. The second-order valence-corrected chi connectivity index (χ2v) is 4.44. The fourth-order valence-corrected chi connectivity index (χ4v) is 1.73. The number of benzene rings is 1. The molecule has 0 aromatic heterocycles. The number of ether oxygens (including phenoxy) is 2. The van der Waals surface area contributed by atoms with Gasteiger partial charge in [0, 0.05) is 6.42 Å². The summed E-state index contributed by atoms with van der Waals surface area (Å²) in [6.45, 7) is 4.87. The van der Waals surface area contributed by atoms with E-state index in [4.69, 9.17) is 9.47 Å². The van der Waals surface area contributed by atoms with Crippen LogP contribution >= 0.6 is 0 Å². The highest BCUT2D eigenvalue weighted by molar-refractivity contribution is 5.69. The normalized spacial score (nSPS) is 17.2. The molecule has 1 fully saturated rings. The fraction of sp³-hybridized carbons (Fsp3) is 0.400. The summed E-state index contributed by atoms with van der Waals surface area (Å²) in [4.78, 5) is 11.4. The Balaban J connectivity index is 1.66. The first-order valence-corrected chi connectivity index (χ1v) is 6.26. The highest BCUT2D eigenvalue weighted by Crippen LogP contribution is 2.11. The lowest BCUT2D eigenvalue weighted by molar-refractivity contribution is -0.144. The molecule has 3 nitrogen and oxygen atoms in total. The van der Waals surface area contributed by atoms with Crippen LogP contribution in [-0.2, 0) is 20.7 Å². The third-order valence-corrected chi connectivity index (χ3v) is 2.87. The van der Waals surface area contributed by atoms with Gasteiger partial charge >= 0.3 is 5.97 Å². The van der Waals surface area contributed by atoms with Crippen LogP contribution in [-0.4, -0.2) is 25.3 Å². The lowest BCUT2D eigenvalue weighted by Gasteiger charge is -2.04. The number of aryl methyl sites for hydroxylation is 1. The Morgan fingerprint density at radius 3 is 3.11 bits per heavy atom. The Morgan fingerprint density at radius 2 is 2.39 bits per heavy atom. The second-order valence-electron chi connectivity index (χ2n) is 4.44. The Bertz CT molecular complexity index is 422. The minimum absolute atomic E-state index is 0.134. The van der Waals surface area contributed by atoms with Gasteiger partial charge < -0.3 is 9.47 Å². The minimum Gasteiger partial charge on any atom is -0.463 e. The summed E-state index contributed by atoms with van der Waals surface area (Å²) in [5.74, 6) is -0.134. The number of carbonyl (C=O) groups is 1. The molecule has 3 heteroatoms.